The molecule has 1 N–H and O–H groups in total. The first kappa shape index (κ1) is 11.4. The third kappa shape index (κ3) is 3.25. The molecular weight excluding hydrogens is 202 g/mol. The van der Waals surface area contributed by atoms with Crippen LogP contribution in [0.4, 0.5) is 0 Å². The Morgan fingerprint density at radius 3 is 2.57 bits per heavy atom. The standard InChI is InChI=1S/C8H15N3O2S/c9-5-1-2-6-10-14(12,13)11-7-3-4-8-11/h10H,1-4,6-8H2. The van der Waals surface area contributed by atoms with Gasteiger partial charge in [0.05, 0.1) is 6.07 Å². The summed E-state index contributed by atoms with van der Waals surface area (Å²) in [6.45, 7) is 1.59. The summed E-state index contributed by atoms with van der Waals surface area (Å²) in [5.74, 6) is 0. The fourth-order valence-corrected chi connectivity index (χ4v) is 2.71. The molecule has 14 heavy (non-hydrogen) atoms. The normalized spacial score (nSPS) is 18.2. The highest BCUT2D eigenvalue weighted by Crippen LogP contribution is 2.10. The molecule has 1 fully saturated rings. The summed E-state index contributed by atoms with van der Waals surface area (Å²) in [4.78, 5) is 0. The second-order valence-corrected chi connectivity index (χ2v) is 5.02. The van der Waals surface area contributed by atoms with Gasteiger partial charge < -0.3 is 0 Å². The number of nitrogens with one attached hydrogen (secondary N) is 1. The molecule has 1 heterocycles. The third-order valence-corrected chi connectivity index (χ3v) is 3.77. The predicted molar refractivity (Wildman–Crippen MR) is 52.6 cm³/mol. The Bertz CT molecular complexity index is 301. The van der Waals surface area contributed by atoms with Gasteiger partial charge in [-0.1, -0.05) is 0 Å². The van der Waals surface area contributed by atoms with Gasteiger partial charge in [0.25, 0.3) is 10.2 Å². The van der Waals surface area contributed by atoms with Crippen molar-refractivity contribution in [2.75, 3.05) is 19.6 Å². The van der Waals surface area contributed by atoms with Crippen LogP contribution in [0.2, 0.25) is 0 Å². The zero-order valence-electron chi connectivity index (χ0n) is 8.07. The number of unbranched alkanes of at least 4 members (excludes halogenated alkanes) is 1. The second-order valence-electron chi connectivity index (χ2n) is 3.27. The molecule has 0 aromatic heterocycles. The van der Waals surface area contributed by atoms with Gasteiger partial charge in [0.15, 0.2) is 0 Å². The van der Waals surface area contributed by atoms with Gasteiger partial charge in [-0.25, -0.2) is 4.72 Å². The Hall–Kier alpha value is -0.640. The second kappa shape index (κ2) is 5.29. The van der Waals surface area contributed by atoms with Crippen molar-refractivity contribution in [3.8, 4) is 6.07 Å². The van der Waals surface area contributed by atoms with Crippen LogP contribution in [0.3, 0.4) is 0 Å². The minimum absolute atomic E-state index is 0.354. The molecule has 0 radical (unpaired) electrons. The molecule has 0 saturated carbocycles. The number of hydrogen-bond acceptors (Lipinski definition) is 3. The van der Waals surface area contributed by atoms with Gasteiger partial charge in [0.1, 0.15) is 0 Å². The van der Waals surface area contributed by atoms with Crippen molar-refractivity contribution >= 4 is 10.2 Å². The minimum atomic E-state index is -3.27. The van der Waals surface area contributed by atoms with Crippen molar-refractivity contribution in [3.05, 3.63) is 0 Å². The molecule has 0 unspecified atom stereocenters. The highest BCUT2D eigenvalue weighted by molar-refractivity contribution is 7.87. The maximum Gasteiger partial charge on any atom is 0.279 e. The van der Waals surface area contributed by atoms with Gasteiger partial charge in [-0.15, -0.1) is 0 Å². The molecule has 1 aliphatic heterocycles. The van der Waals surface area contributed by atoms with Crippen molar-refractivity contribution in [3.63, 3.8) is 0 Å². The van der Waals surface area contributed by atoms with Crippen molar-refractivity contribution in [1.29, 1.82) is 5.26 Å². The molecular formula is C8H15N3O2S. The van der Waals surface area contributed by atoms with Crippen LogP contribution in [0.1, 0.15) is 25.7 Å². The summed E-state index contributed by atoms with van der Waals surface area (Å²) in [6, 6.07) is 1.98. The van der Waals surface area contributed by atoms with Crippen LogP contribution in [0, 0.1) is 11.3 Å². The van der Waals surface area contributed by atoms with E-state index >= 15 is 0 Å². The van der Waals surface area contributed by atoms with E-state index in [0.29, 0.717) is 32.5 Å². The summed E-state index contributed by atoms with van der Waals surface area (Å²) >= 11 is 0. The lowest BCUT2D eigenvalue weighted by atomic mass is 10.3. The monoisotopic (exact) mass is 217 g/mol. The highest BCUT2D eigenvalue weighted by Gasteiger charge is 2.24. The molecule has 1 rings (SSSR count). The Labute approximate surface area is 84.9 Å². The first-order valence-corrected chi connectivity index (χ1v) is 6.22. The van der Waals surface area contributed by atoms with E-state index in [0.717, 1.165) is 12.8 Å². The topological polar surface area (TPSA) is 73.2 Å². The Morgan fingerprint density at radius 2 is 2.00 bits per heavy atom. The lowest BCUT2D eigenvalue weighted by Crippen LogP contribution is -2.39. The van der Waals surface area contributed by atoms with E-state index in [9.17, 15) is 8.42 Å². The summed E-state index contributed by atoms with van der Waals surface area (Å²) in [7, 11) is -3.27. The van der Waals surface area contributed by atoms with Gasteiger partial charge >= 0.3 is 0 Å². The zero-order valence-corrected chi connectivity index (χ0v) is 8.89. The van der Waals surface area contributed by atoms with E-state index in [1.807, 2.05) is 6.07 Å². The molecule has 1 aliphatic rings. The fraction of sp³-hybridized carbons (Fsp3) is 0.875. The Morgan fingerprint density at radius 1 is 1.36 bits per heavy atom. The number of nitrogens with zero attached hydrogens (tertiary/aromatic N) is 2. The number of hydrogen-bond donors (Lipinski definition) is 1. The molecule has 6 heteroatoms. The third-order valence-electron chi connectivity index (χ3n) is 2.15. The van der Waals surface area contributed by atoms with Crippen LogP contribution < -0.4 is 4.72 Å². The molecule has 0 aromatic carbocycles. The average Bonchev–Trinajstić information content (AvgIpc) is 2.65. The predicted octanol–water partition coefficient (Wildman–Crippen LogP) is 0.220. The zero-order chi connectivity index (χ0) is 10.4. The van der Waals surface area contributed by atoms with Crippen LogP contribution in [-0.4, -0.2) is 32.4 Å². The molecule has 0 spiro atoms. The molecule has 0 atom stereocenters. The molecule has 1 saturated heterocycles. The number of nitriles is 1. The van der Waals surface area contributed by atoms with E-state index in [1.165, 1.54) is 4.31 Å². The van der Waals surface area contributed by atoms with Crippen LogP contribution >= 0.6 is 0 Å². The van der Waals surface area contributed by atoms with Gasteiger partial charge in [-0.05, 0) is 19.3 Å². The van der Waals surface area contributed by atoms with Crippen molar-refractivity contribution in [2.45, 2.75) is 25.7 Å². The highest BCUT2D eigenvalue weighted by atomic mass is 32.2. The molecule has 0 amide bonds. The van der Waals surface area contributed by atoms with Crippen molar-refractivity contribution in [2.24, 2.45) is 0 Å². The van der Waals surface area contributed by atoms with Crippen molar-refractivity contribution < 1.29 is 8.42 Å². The lowest BCUT2D eigenvalue weighted by molar-refractivity contribution is 0.464. The summed E-state index contributed by atoms with van der Waals surface area (Å²) in [5, 5.41) is 8.27. The van der Waals surface area contributed by atoms with E-state index in [4.69, 9.17) is 5.26 Å². The van der Waals surface area contributed by atoms with Crippen LogP contribution in [-0.2, 0) is 10.2 Å². The van der Waals surface area contributed by atoms with E-state index < -0.39 is 10.2 Å². The van der Waals surface area contributed by atoms with E-state index in [2.05, 4.69) is 4.72 Å². The number of rotatable bonds is 5. The first-order valence-electron chi connectivity index (χ1n) is 4.78. The molecule has 0 bridgehead atoms. The maximum absolute atomic E-state index is 11.5. The van der Waals surface area contributed by atoms with Crippen LogP contribution in [0.25, 0.3) is 0 Å². The minimum Gasteiger partial charge on any atom is -0.202 e. The largest absolute Gasteiger partial charge is 0.279 e. The molecule has 5 nitrogen and oxygen atoms in total. The van der Waals surface area contributed by atoms with Gasteiger partial charge in [0, 0.05) is 26.1 Å². The molecule has 0 aliphatic carbocycles. The van der Waals surface area contributed by atoms with Crippen LogP contribution in [0.15, 0.2) is 0 Å². The van der Waals surface area contributed by atoms with E-state index in [-0.39, 0.29) is 0 Å². The maximum atomic E-state index is 11.5. The molecule has 80 valence electrons. The van der Waals surface area contributed by atoms with Gasteiger partial charge in [-0.2, -0.15) is 18.0 Å². The summed E-state index contributed by atoms with van der Waals surface area (Å²) in [6.07, 6.45) is 2.85. The summed E-state index contributed by atoms with van der Waals surface area (Å²) in [5.41, 5.74) is 0. The average molecular weight is 217 g/mol. The quantitative estimate of drug-likeness (QED) is 0.669. The Balaban J connectivity index is 2.31. The molecule has 0 aromatic rings. The SMILES string of the molecule is N#CCCCNS(=O)(=O)N1CCCC1. The van der Waals surface area contributed by atoms with Crippen molar-refractivity contribution in [1.82, 2.24) is 9.03 Å². The smallest absolute Gasteiger partial charge is 0.202 e. The summed E-state index contributed by atoms with van der Waals surface area (Å²) < 4.78 is 27.0. The lowest BCUT2D eigenvalue weighted by Gasteiger charge is -2.15. The van der Waals surface area contributed by atoms with Gasteiger partial charge in [0.2, 0.25) is 0 Å². The van der Waals surface area contributed by atoms with E-state index in [1.54, 1.807) is 0 Å². The Kier molecular flexibility index (Phi) is 4.32. The first-order chi connectivity index (χ1) is 6.67. The fourth-order valence-electron chi connectivity index (χ4n) is 1.39. The van der Waals surface area contributed by atoms with Gasteiger partial charge in [-0.3, -0.25) is 0 Å². The van der Waals surface area contributed by atoms with Crippen LogP contribution in [0.5, 0.6) is 0 Å².